The Morgan fingerprint density at radius 2 is 2.11 bits per heavy atom. The quantitative estimate of drug-likeness (QED) is 0.879. The molecule has 1 aromatic heterocycles. The first-order chi connectivity index (χ1) is 8.74. The summed E-state index contributed by atoms with van der Waals surface area (Å²) in [7, 11) is 0. The van der Waals surface area contributed by atoms with Crippen LogP contribution in [-0.4, -0.2) is 10.1 Å². The van der Waals surface area contributed by atoms with Crippen molar-refractivity contribution < 1.29 is 4.52 Å². The van der Waals surface area contributed by atoms with Crippen molar-refractivity contribution in [3.05, 3.63) is 47.1 Å². The van der Waals surface area contributed by atoms with Gasteiger partial charge in [-0.25, -0.2) is 0 Å². The van der Waals surface area contributed by atoms with Gasteiger partial charge >= 0.3 is 0 Å². The molecule has 1 aliphatic carbocycles. The minimum absolute atomic E-state index is 0.168. The summed E-state index contributed by atoms with van der Waals surface area (Å²) in [5.74, 6) is 1.67. The second kappa shape index (κ2) is 4.53. The third-order valence-electron chi connectivity index (χ3n) is 3.56. The normalized spacial score (nSPS) is 20.4. The molecule has 18 heavy (non-hydrogen) atoms. The van der Waals surface area contributed by atoms with E-state index in [9.17, 15) is 0 Å². The van der Waals surface area contributed by atoms with Gasteiger partial charge in [-0.1, -0.05) is 29.4 Å². The van der Waals surface area contributed by atoms with Gasteiger partial charge in [0, 0.05) is 5.92 Å². The molecule has 94 valence electrons. The maximum Gasteiger partial charge on any atom is 0.230 e. The molecule has 1 aromatic carbocycles. The van der Waals surface area contributed by atoms with Crippen LogP contribution in [0.25, 0.3) is 0 Å². The Morgan fingerprint density at radius 3 is 2.83 bits per heavy atom. The van der Waals surface area contributed by atoms with Gasteiger partial charge in [-0.05, 0) is 37.3 Å². The smallest absolute Gasteiger partial charge is 0.230 e. The zero-order valence-corrected chi connectivity index (χ0v) is 10.5. The van der Waals surface area contributed by atoms with Crippen molar-refractivity contribution in [3.63, 3.8) is 0 Å². The number of nitrogens with two attached hydrogens (primary N) is 1. The van der Waals surface area contributed by atoms with E-state index in [4.69, 9.17) is 10.3 Å². The third kappa shape index (κ3) is 2.04. The Kier molecular flexibility index (Phi) is 2.88. The Bertz CT molecular complexity index is 547. The zero-order valence-electron chi connectivity index (χ0n) is 10.5. The molecule has 0 amide bonds. The Balaban J connectivity index is 1.83. The number of nitrogens with zero attached hydrogens (tertiary/aromatic N) is 2. The van der Waals surface area contributed by atoms with E-state index >= 15 is 0 Å². The summed E-state index contributed by atoms with van der Waals surface area (Å²) in [5.41, 5.74) is 8.59. The average molecular weight is 243 g/mol. The highest BCUT2D eigenvalue weighted by molar-refractivity contribution is 5.31. The Morgan fingerprint density at radius 1 is 1.33 bits per heavy atom. The summed E-state index contributed by atoms with van der Waals surface area (Å²) in [5, 5.41) is 3.94. The highest BCUT2D eigenvalue weighted by atomic mass is 16.5. The fourth-order valence-corrected chi connectivity index (χ4v) is 2.51. The minimum atomic E-state index is -0.168. The molecular formula is C14H17N3O. The number of fused-ring (bicyclic) bond motifs is 1. The lowest BCUT2D eigenvalue weighted by Crippen LogP contribution is -2.13. The highest BCUT2D eigenvalue weighted by Gasteiger charge is 2.25. The molecule has 1 aliphatic rings. The average Bonchev–Trinajstić information content (AvgIpc) is 2.88. The lowest BCUT2D eigenvalue weighted by Gasteiger charge is -2.21. The number of aromatic nitrogens is 2. The summed E-state index contributed by atoms with van der Waals surface area (Å²) in [6, 6.07) is 8.40. The molecule has 4 nitrogen and oxygen atoms in total. The lowest BCUT2D eigenvalue weighted by molar-refractivity contribution is 0.336. The van der Waals surface area contributed by atoms with Crippen molar-refractivity contribution in [3.8, 4) is 0 Å². The van der Waals surface area contributed by atoms with Gasteiger partial charge in [-0.3, -0.25) is 0 Å². The van der Waals surface area contributed by atoms with E-state index in [-0.39, 0.29) is 6.04 Å². The first-order valence-corrected chi connectivity index (χ1v) is 6.40. The maximum atomic E-state index is 5.75. The van der Waals surface area contributed by atoms with Crippen LogP contribution in [0.3, 0.4) is 0 Å². The van der Waals surface area contributed by atoms with E-state index in [0.717, 1.165) is 25.2 Å². The molecular weight excluding hydrogens is 226 g/mol. The second-order valence-corrected chi connectivity index (χ2v) is 4.99. The van der Waals surface area contributed by atoms with Crippen LogP contribution < -0.4 is 5.73 Å². The molecule has 0 fully saturated rings. The van der Waals surface area contributed by atoms with Crippen LogP contribution in [0.4, 0.5) is 0 Å². The summed E-state index contributed by atoms with van der Waals surface area (Å²) < 4.78 is 5.34. The largest absolute Gasteiger partial charge is 0.339 e. The molecule has 1 heterocycles. The minimum Gasteiger partial charge on any atom is -0.339 e. The fraction of sp³-hybridized carbons (Fsp3) is 0.429. The van der Waals surface area contributed by atoms with Crippen molar-refractivity contribution in [2.24, 2.45) is 5.73 Å². The SMILES string of the molecule is CC(N)c1noc(C2CCc3ccccc3C2)n1. The van der Waals surface area contributed by atoms with E-state index in [1.165, 1.54) is 11.1 Å². The van der Waals surface area contributed by atoms with Crippen LogP contribution in [0.2, 0.25) is 0 Å². The van der Waals surface area contributed by atoms with Crippen molar-refractivity contribution in [2.75, 3.05) is 0 Å². The molecule has 0 spiro atoms. The standard InChI is InChI=1S/C14H17N3O/c1-9(15)13-16-14(18-17-13)12-7-6-10-4-2-3-5-11(10)8-12/h2-5,9,12H,6-8,15H2,1H3. The van der Waals surface area contributed by atoms with Gasteiger partial charge in [0.25, 0.3) is 0 Å². The predicted octanol–water partition coefficient (Wildman–Crippen LogP) is 2.36. The van der Waals surface area contributed by atoms with Gasteiger partial charge in [0.1, 0.15) is 0 Å². The zero-order chi connectivity index (χ0) is 12.5. The summed E-state index contributed by atoms with van der Waals surface area (Å²) >= 11 is 0. The van der Waals surface area contributed by atoms with Gasteiger partial charge in [-0.2, -0.15) is 4.98 Å². The predicted molar refractivity (Wildman–Crippen MR) is 68.1 cm³/mol. The number of hydrogen-bond acceptors (Lipinski definition) is 4. The highest BCUT2D eigenvalue weighted by Crippen LogP contribution is 2.31. The van der Waals surface area contributed by atoms with Gasteiger partial charge < -0.3 is 10.3 Å². The molecule has 0 bridgehead atoms. The van der Waals surface area contributed by atoms with Crippen LogP contribution in [0.1, 0.15) is 48.1 Å². The van der Waals surface area contributed by atoms with Crippen LogP contribution >= 0.6 is 0 Å². The Labute approximate surface area is 106 Å². The molecule has 0 radical (unpaired) electrons. The molecule has 0 saturated carbocycles. The molecule has 2 aromatic rings. The number of benzene rings is 1. The van der Waals surface area contributed by atoms with Gasteiger partial charge in [-0.15, -0.1) is 0 Å². The van der Waals surface area contributed by atoms with Crippen molar-refractivity contribution in [2.45, 2.75) is 38.1 Å². The van der Waals surface area contributed by atoms with Crippen LogP contribution in [0.5, 0.6) is 0 Å². The van der Waals surface area contributed by atoms with E-state index < -0.39 is 0 Å². The van der Waals surface area contributed by atoms with E-state index in [1.54, 1.807) is 0 Å². The molecule has 0 aliphatic heterocycles. The fourth-order valence-electron chi connectivity index (χ4n) is 2.51. The third-order valence-corrected chi connectivity index (χ3v) is 3.56. The first-order valence-electron chi connectivity index (χ1n) is 6.40. The van der Waals surface area contributed by atoms with E-state index in [1.807, 2.05) is 6.92 Å². The van der Waals surface area contributed by atoms with E-state index in [2.05, 4.69) is 34.4 Å². The summed E-state index contributed by atoms with van der Waals surface area (Å²) in [4.78, 5) is 4.40. The molecule has 0 saturated heterocycles. The van der Waals surface area contributed by atoms with Crippen molar-refractivity contribution in [1.29, 1.82) is 0 Å². The Hall–Kier alpha value is -1.68. The second-order valence-electron chi connectivity index (χ2n) is 4.99. The van der Waals surface area contributed by atoms with Crippen LogP contribution in [-0.2, 0) is 12.8 Å². The maximum absolute atomic E-state index is 5.75. The van der Waals surface area contributed by atoms with Crippen molar-refractivity contribution in [1.82, 2.24) is 10.1 Å². The number of rotatable bonds is 2. The van der Waals surface area contributed by atoms with Gasteiger partial charge in [0.05, 0.1) is 6.04 Å². The van der Waals surface area contributed by atoms with E-state index in [0.29, 0.717) is 11.7 Å². The summed E-state index contributed by atoms with van der Waals surface area (Å²) in [6.45, 7) is 1.87. The van der Waals surface area contributed by atoms with Gasteiger partial charge in [0.15, 0.2) is 5.82 Å². The van der Waals surface area contributed by atoms with Crippen LogP contribution in [0, 0.1) is 0 Å². The molecule has 2 atom stereocenters. The van der Waals surface area contributed by atoms with Crippen molar-refractivity contribution >= 4 is 0 Å². The monoisotopic (exact) mass is 243 g/mol. The van der Waals surface area contributed by atoms with Gasteiger partial charge in [0.2, 0.25) is 5.89 Å². The number of hydrogen-bond donors (Lipinski definition) is 1. The topological polar surface area (TPSA) is 64.9 Å². The molecule has 4 heteroatoms. The first kappa shape index (κ1) is 11.4. The number of aryl methyl sites for hydroxylation is 1. The molecule has 2 N–H and O–H groups in total. The summed E-state index contributed by atoms with van der Waals surface area (Å²) in [6.07, 6.45) is 3.13. The molecule has 3 rings (SSSR count). The lowest BCUT2D eigenvalue weighted by atomic mass is 9.84. The molecule has 2 unspecified atom stereocenters. The van der Waals surface area contributed by atoms with Crippen LogP contribution in [0.15, 0.2) is 28.8 Å².